The molecule has 19 heavy (non-hydrogen) atoms. The number of hydrogen-bond donors (Lipinski definition) is 1. The number of aryl methyl sites for hydroxylation is 1. The Morgan fingerprint density at radius 3 is 2.84 bits per heavy atom. The summed E-state index contributed by atoms with van der Waals surface area (Å²) in [6, 6.07) is 6.54. The number of imidazole rings is 1. The zero-order valence-corrected chi connectivity index (χ0v) is 12.0. The van der Waals surface area contributed by atoms with E-state index in [1.54, 1.807) is 7.11 Å². The Labute approximate surface area is 114 Å². The first-order valence-corrected chi connectivity index (χ1v) is 6.51. The molecule has 1 aromatic heterocycles. The van der Waals surface area contributed by atoms with Crippen molar-refractivity contribution in [1.82, 2.24) is 9.55 Å². The summed E-state index contributed by atoms with van der Waals surface area (Å²) in [5.41, 5.74) is 3.39. The predicted molar refractivity (Wildman–Crippen MR) is 77.7 cm³/mol. The van der Waals surface area contributed by atoms with E-state index in [1.807, 2.05) is 24.7 Å². The maximum Gasteiger partial charge on any atom is 0.141 e. The average Bonchev–Trinajstić information content (AvgIpc) is 2.85. The molecule has 0 saturated heterocycles. The summed E-state index contributed by atoms with van der Waals surface area (Å²) >= 11 is 0. The van der Waals surface area contributed by atoms with Gasteiger partial charge in [-0.1, -0.05) is 6.07 Å². The van der Waals surface area contributed by atoms with Crippen molar-refractivity contribution >= 4 is 5.69 Å². The Morgan fingerprint density at radius 1 is 1.37 bits per heavy atom. The van der Waals surface area contributed by atoms with Gasteiger partial charge in [0.1, 0.15) is 5.75 Å². The maximum absolute atomic E-state index is 5.36. The van der Waals surface area contributed by atoms with Crippen LogP contribution >= 0.6 is 0 Å². The van der Waals surface area contributed by atoms with Gasteiger partial charge in [0.15, 0.2) is 0 Å². The molecule has 0 saturated carbocycles. The van der Waals surface area contributed by atoms with Crippen molar-refractivity contribution < 1.29 is 4.74 Å². The minimum absolute atomic E-state index is 0.415. The number of rotatable bonds is 5. The minimum atomic E-state index is 0.415. The lowest BCUT2D eigenvalue weighted by atomic mass is 10.2. The molecular weight excluding hydrogens is 238 g/mol. The topological polar surface area (TPSA) is 39.1 Å². The van der Waals surface area contributed by atoms with Gasteiger partial charge in [-0.25, -0.2) is 4.98 Å². The summed E-state index contributed by atoms with van der Waals surface area (Å²) in [5, 5.41) is 3.42. The van der Waals surface area contributed by atoms with Crippen molar-refractivity contribution in [3.8, 4) is 5.75 Å². The van der Waals surface area contributed by atoms with Crippen molar-refractivity contribution in [1.29, 1.82) is 0 Å². The molecule has 2 aromatic rings. The first kappa shape index (κ1) is 13.5. The molecule has 0 amide bonds. The van der Waals surface area contributed by atoms with Gasteiger partial charge in [0.05, 0.1) is 31.4 Å². The molecule has 1 heterocycles. The van der Waals surface area contributed by atoms with Crippen LogP contribution < -0.4 is 10.1 Å². The van der Waals surface area contributed by atoms with Crippen LogP contribution in [-0.4, -0.2) is 16.7 Å². The van der Waals surface area contributed by atoms with Gasteiger partial charge in [0, 0.05) is 12.2 Å². The van der Waals surface area contributed by atoms with E-state index in [4.69, 9.17) is 4.74 Å². The zero-order chi connectivity index (χ0) is 13.8. The summed E-state index contributed by atoms with van der Waals surface area (Å²) in [5.74, 6) is 0.862. The summed E-state index contributed by atoms with van der Waals surface area (Å²) in [7, 11) is 1.69. The fourth-order valence-corrected chi connectivity index (χ4v) is 2.08. The van der Waals surface area contributed by atoms with E-state index in [-0.39, 0.29) is 0 Å². The maximum atomic E-state index is 5.36. The van der Waals surface area contributed by atoms with Crippen molar-refractivity contribution in [2.24, 2.45) is 0 Å². The fraction of sp³-hybridized carbons (Fsp3) is 0.400. The molecule has 4 heteroatoms. The Hall–Kier alpha value is -1.97. The van der Waals surface area contributed by atoms with Crippen molar-refractivity contribution in [3.05, 3.63) is 42.0 Å². The van der Waals surface area contributed by atoms with Gasteiger partial charge in [-0.15, -0.1) is 0 Å². The second-order valence-electron chi connectivity index (χ2n) is 4.94. The highest BCUT2D eigenvalue weighted by molar-refractivity contribution is 5.58. The summed E-state index contributed by atoms with van der Waals surface area (Å²) in [6.07, 6.45) is 3.77. The van der Waals surface area contributed by atoms with Crippen LogP contribution in [0.2, 0.25) is 0 Å². The number of ether oxygens (including phenoxy) is 1. The van der Waals surface area contributed by atoms with E-state index < -0.39 is 0 Å². The van der Waals surface area contributed by atoms with Crippen LogP contribution in [0.25, 0.3) is 0 Å². The number of methoxy groups -OCH3 is 1. The highest BCUT2D eigenvalue weighted by Gasteiger charge is 2.07. The van der Waals surface area contributed by atoms with E-state index in [9.17, 15) is 0 Å². The van der Waals surface area contributed by atoms with Gasteiger partial charge in [-0.2, -0.15) is 0 Å². The molecule has 0 unspecified atom stereocenters. The van der Waals surface area contributed by atoms with E-state index in [0.717, 1.165) is 18.0 Å². The van der Waals surface area contributed by atoms with E-state index in [1.165, 1.54) is 11.3 Å². The lowest BCUT2D eigenvalue weighted by Gasteiger charge is -2.15. The molecule has 102 valence electrons. The van der Waals surface area contributed by atoms with Crippen LogP contribution in [0.1, 0.15) is 31.1 Å². The van der Waals surface area contributed by atoms with Gasteiger partial charge in [0.25, 0.3) is 0 Å². The molecule has 0 radical (unpaired) electrons. The molecule has 0 spiro atoms. The second-order valence-corrected chi connectivity index (χ2v) is 4.94. The molecule has 0 aliphatic carbocycles. The number of nitrogens with one attached hydrogen (secondary N) is 1. The molecule has 0 aliphatic rings. The first-order valence-electron chi connectivity index (χ1n) is 6.51. The Bertz CT molecular complexity index is 546. The van der Waals surface area contributed by atoms with E-state index in [0.29, 0.717) is 6.04 Å². The van der Waals surface area contributed by atoms with Crippen LogP contribution in [0, 0.1) is 6.92 Å². The average molecular weight is 259 g/mol. The summed E-state index contributed by atoms with van der Waals surface area (Å²) in [4.78, 5) is 4.21. The highest BCUT2D eigenvalue weighted by Crippen LogP contribution is 2.25. The number of nitrogens with zero attached hydrogens (tertiary/aromatic N) is 2. The van der Waals surface area contributed by atoms with Gasteiger partial charge in [-0.05, 0) is 38.5 Å². The van der Waals surface area contributed by atoms with Gasteiger partial charge >= 0.3 is 0 Å². The quantitative estimate of drug-likeness (QED) is 0.894. The highest BCUT2D eigenvalue weighted by atomic mass is 16.5. The Kier molecular flexibility index (Phi) is 4.10. The molecule has 0 aliphatic heterocycles. The third-order valence-electron chi connectivity index (χ3n) is 3.12. The number of benzene rings is 1. The van der Waals surface area contributed by atoms with Crippen LogP contribution in [0.3, 0.4) is 0 Å². The molecule has 0 bridgehead atoms. The van der Waals surface area contributed by atoms with Crippen molar-refractivity contribution in [3.63, 3.8) is 0 Å². The van der Waals surface area contributed by atoms with Crippen LogP contribution in [0.5, 0.6) is 5.75 Å². The third-order valence-corrected chi connectivity index (χ3v) is 3.12. The number of hydrogen-bond acceptors (Lipinski definition) is 3. The monoisotopic (exact) mass is 259 g/mol. The lowest BCUT2D eigenvalue weighted by Crippen LogP contribution is -2.09. The van der Waals surface area contributed by atoms with E-state index in [2.05, 4.69) is 41.7 Å². The van der Waals surface area contributed by atoms with Crippen molar-refractivity contribution in [2.75, 3.05) is 12.4 Å². The molecular formula is C15H21N3O. The molecule has 1 aromatic carbocycles. The predicted octanol–water partition coefficient (Wildman–Crippen LogP) is 3.39. The molecule has 4 nitrogen and oxygen atoms in total. The largest absolute Gasteiger partial charge is 0.495 e. The standard InChI is InChI=1S/C15H21N3O/c1-11(2)18-10-16-8-13(18)9-17-14-7-12(3)5-6-15(14)19-4/h5-8,10-11,17H,9H2,1-4H3. The Balaban J connectivity index is 2.14. The second kappa shape index (κ2) is 5.78. The summed E-state index contributed by atoms with van der Waals surface area (Å²) < 4.78 is 7.52. The smallest absolute Gasteiger partial charge is 0.141 e. The van der Waals surface area contributed by atoms with Gasteiger partial charge in [-0.3, -0.25) is 0 Å². The fourth-order valence-electron chi connectivity index (χ4n) is 2.08. The van der Waals surface area contributed by atoms with Crippen LogP contribution in [-0.2, 0) is 6.54 Å². The Morgan fingerprint density at radius 2 is 2.16 bits per heavy atom. The molecule has 1 N–H and O–H groups in total. The first-order chi connectivity index (χ1) is 9.11. The molecule has 0 fully saturated rings. The van der Waals surface area contributed by atoms with Gasteiger partial charge in [0.2, 0.25) is 0 Å². The van der Waals surface area contributed by atoms with Crippen LogP contribution in [0.4, 0.5) is 5.69 Å². The molecule has 2 rings (SSSR count). The summed E-state index contributed by atoms with van der Waals surface area (Å²) in [6.45, 7) is 7.11. The normalized spacial score (nSPS) is 10.8. The molecule has 0 atom stereocenters. The zero-order valence-electron chi connectivity index (χ0n) is 12.0. The van der Waals surface area contributed by atoms with Crippen LogP contribution in [0.15, 0.2) is 30.7 Å². The van der Waals surface area contributed by atoms with Gasteiger partial charge < -0.3 is 14.6 Å². The minimum Gasteiger partial charge on any atom is -0.495 e. The van der Waals surface area contributed by atoms with Crippen molar-refractivity contribution in [2.45, 2.75) is 33.4 Å². The number of aromatic nitrogens is 2. The number of anilines is 1. The lowest BCUT2D eigenvalue weighted by molar-refractivity contribution is 0.416. The van der Waals surface area contributed by atoms with E-state index >= 15 is 0 Å². The third kappa shape index (κ3) is 3.08. The SMILES string of the molecule is COc1ccc(C)cc1NCc1cncn1C(C)C.